The predicted octanol–water partition coefficient (Wildman–Crippen LogP) is 3.40. The van der Waals surface area contributed by atoms with E-state index in [1.807, 2.05) is 12.3 Å². The van der Waals surface area contributed by atoms with E-state index in [0.717, 1.165) is 23.0 Å². The highest BCUT2D eigenvalue weighted by Gasteiger charge is 2.06. The van der Waals surface area contributed by atoms with Gasteiger partial charge in [0.2, 0.25) is 0 Å². The lowest BCUT2D eigenvalue weighted by Gasteiger charge is -2.03. The van der Waals surface area contributed by atoms with Gasteiger partial charge in [-0.1, -0.05) is 27.2 Å². The third kappa shape index (κ3) is 3.53. The molecule has 96 valence electrons. The van der Waals surface area contributed by atoms with Gasteiger partial charge in [-0.15, -0.1) is 16.7 Å². The fraction of sp³-hybridized carbons (Fsp3) is 0.333. The summed E-state index contributed by atoms with van der Waals surface area (Å²) in [5.41, 5.74) is 1.47. The summed E-state index contributed by atoms with van der Waals surface area (Å²) in [4.78, 5) is 0. The van der Waals surface area contributed by atoms with Crippen LogP contribution < -0.4 is 0 Å². The fourth-order valence-electron chi connectivity index (χ4n) is 1.60. The van der Waals surface area contributed by atoms with Gasteiger partial charge < -0.3 is 0 Å². The van der Waals surface area contributed by atoms with E-state index in [-0.39, 0.29) is 5.82 Å². The average molecular weight is 333 g/mol. The van der Waals surface area contributed by atoms with Crippen molar-refractivity contribution in [1.82, 2.24) is 15.0 Å². The quantitative estimate of drug-likeness (QED) is 0.786. The lowest BCUT2D eigenvalue weighted by atomic mass is 10.2. The Hall–Kier alpha value is -0.940. The Kier molecular flexibility index (Phi) is 4.72. The lowest BCUT2D eigenvalue weighted by molar-refractivity contribution is 0.576. The van der Waals surface area contributed by atoms with Crippen LogP contribution in [0, 0.1) is 5.82 Å². The maximum atomic E-state index is 13.6. The van der Waals surface area contributed by atoms with E-state index in [1.54, 1.807) is 10.7 Å². The molecular weight excluding hydrogens is 321 g/mol. The molecule has 0 aliphatic heterocycles. The molecule has 1 heterocycles. The van der Waals surface area contributed by atoms with E-state index in [4.69, 9.17) is 11.6 Å². The van der Waals surface area contributed by atoms with Crippen LogP contribution in [-0.4, -0.2) is 20.9 Å². The molecule has 1 aromatic carbocycles. The summed E-state index contributed by atoms with van der Waals surface area (Å²) in [6.07, 6.45) is 3.49. The minimum Gasteiger partial charge on any atom is -0.248 e. The molecule has 0 aliphatic carbocycles. The summed E-state index contributed by atoms with van der Waals surface area (Å²) in [7, 11) is 0. The summed E-state index contributed by atoms with van der Waals surface area (Å²) in [6, 6.07) is 4.99. The van der Waals surface area contributed by atoms with Crippen molar-refractivity contribution in [2.24, 2.45) is 0 Å². The fourth-order valence-corrected chi connectivity index (χ4v) is 2.07. The van der Waals surface area contributed by atoms with Gasteiger partial charge in [-0.2, -0.15) is 0 Å². The SMILES string of the molecule is Fc1cc(Br)ccc1Cn1cc(CCCCl)nn1. The van der Waals surface area contributed by atoms with E-state index in [2.05, 4.69) is 26.2 Å². The highest BCUT2D eigenvalue weighted by atomic mass is 79.9. The Morgan fingerprint density at radius 1 is 1.39 bits per heavy atom. The first kappa shape index (κ1) is 13.5. The number of hydrogen-bond donors (Lipinski definition) is 0. The third-order valence-electron chi connectivity index (χ3n) is 2.50. The van der Waals surface area contributed by atoms with Crippen molar-refractivity contribution in [3.05, 3.63) is 45.9 Å². The van der Waals surface area contributed by atoms with Crippen molar-refractivity contribution >= 4 is 27.5 Å². The first-order chi connectivity index (χ1) is 8.69. The number of hydrogen-bond acceptors (Lipinski definition) is 2. The predicted molar refractivity (Wildman–Crippen MR) is 72.3 cm³/mol. The van der Waals surface area contributed by atoms with Crippen molar-refractivity contribution in [2.45, 2.75) is 19.4 Å². The molecule has 0 fully saturated rings. The number of aryl methyl sites for hydroxylation is 1. The van der Waals surface area contributed by atoms with Crippen LogP contribution in [0.5, 0.6) is 0 Å². The molecule has 0 amide bonds. The summed E-state index contributed by atoms with van der Waals surface area (Å²) < 4.78 is 16.0. The smallest absolute Gasteiger partial charge is 0.129 e. The molecule has 2 rings (SSSR count). The molecule has 0 radical (unpaired) electrons. The van der Waals surface area contributed by atoms with Crippen molar-refractivity contribution in [3.8, 4) is 0 Å². The zero-order valence-electron chi connectivity index (χ0n) is 9.61. The molecule has 0 spiro atoms. The molecule has 0 N–H and O–H groups in total. The van der Waals surface area contributed by atoms with Gasteiger partial charge in [-0.3, -0.25) is 0 Å². The largest absolute Gasteiger partial charge is 0.248 e. The Bertz CT molecular complexity index is 530. The van der Waals surface area contributed by atoms with Crippen LogP contribution in [0.15, 0.2) is 28.9 Å². The lowest BCUT2D eigenvalue weighted by Crippen LogP contribution is -2.02. The normalized spacial score (nSPS) is 10.8. The van der Waals surface area contributed by atoms with Crippen LogP contribution in [0.4, 0.5) is 4.39 Å². The molecule has 1 aromatic heterocycles. The van der Waals surface area contributed by atoms with E-state index >= 15 is 0 Å². The average Bonchev–Trinajstić information content (AvgIpc) is 2.78. The second kappa shape index (κ2) is 6.29. The van der Waals surface area contributed by atoms with Gasteiger partial charge in [0.15, 0.2) is 0 Å². The van der Waals surface area contributed by atoms with E-state index in [1.165, 1.54) is 6.07 Å². The number of halogens is 3. The molecule has 0 bridgehead atoms. The number of rotatable bonds is 5. The van der Waals surface area contributed by atoms with Crippen molar-refractivity contribution in [1.29, 1.82) is 0 Å². The number of aromatic nitrogens is 3. The van der Waals surface area contributed by atoms with Crippen LogP contribution in [-0.2, 0) is 13.0 Å². The van der Waals surface area contributed by atoms with E-state index < -0.39 is 0 Å². The molecule has 0 saturated heterocycles. The van der Waals surface area contributed by atoms with Gasteiger partial charge in [0.05, 0.1) is 12.2 Å². The Labute approximate surface area is 118 Å². The molecular formula is C12H12BrClFN3. The van der Waals surface area contributed by atoms with Crippen molar-refractivity contribution < 1.29 is 4.39 Å². The van der Waals surface area contributed by atoms with Gasteiger partial charge >= 0.3 is 0 Å². The first-order valence-corrected chi connectivity index (χ1v) is 6.90. The summed E-state index contributed by atoms with van der Waals surface area (Å²) in [5, 5.41) is 7.99. The Morgan fingerprint density at radius 3 is 2.94 bits per heavy atom. The van der Waals surface area contributed by atoms with Crippen LogP contribution in [0.1, 0.15) is 17.7 Å². The number of alkyl halides is 1. The van der Waals surface area contributed by atoms with Gasteiger partial charge in [0, 0.05) is 22.1 Å². The Morgan fingerprint density at radius 2 is 2.22 bits per heavy atom. The molecule has 0 aliphatic rings. The second-order valence-electron chi connectivity index (χ2n) is 3.94. The maximum Gasteiger partial charge on any atom is 0.129 e. The molecule has 3 nitrogen and oxygen atoms in total. The molecule has 0 unspecified atom stereocenters. The van der Waals surface area contributed by atoms with Gasteiger partial charge in [0.25, 0.3) is 0 Å². The minimum absolute atomic E-state index is 0.248. The number of benzene rings is 1. The van der Waals surface area contributed by atoms with Crippen LogP contribution in [0.25, 0.3) is 0 Å². The second-order valence-corrected chi connectivity index (χ2v) is 5.23. The first-order valence-electron chi connectivity index (χ1n) is 5.58. The summed E-state index contributed by atoms with van der Waals surface area (Å²) >= 11 is 8.84. The van der Waals surface area contributed by atoms with Crippen molar-refractivity contribution in [3.63, 3.8) is 0 Å². The topological polar surface area (TPSA) is 30.7 Å². The minimum atomic E-state index is -0.248. The zero-order chi connectivity index (χ0) is 13.0. The Balaban J connectivity index is 2.06. The van der Waals surface area contributed by atoms with Crippen molar-refractivity contribution in [2.75, 3.05) is 5.88 Å². The number of nitrogens with zero attached hydrogens (tertiary/aromatic N) is 3. The highest BCUT2D eigenvalue weighted by Crippen LogP contribution is 2.16. The van der Waals surface area contributed by atoms with E-state index in [9.17, 15) is 4.39 Å². The van der Waals surface area contributed by atoms with Crippen LogP contribution in [0.3, 0.4) is 0 Å². The van der Waals surface area contributed by atoms with Crippen LogP contribution in [0.2, 0.25) is 0 Å². The maximum absolute atomic E-state index is 13.6. The van der Waals surface area contributed by atoms with E-state index in [0.29, 0.717) is 18.0 Å². The summed E-state index contributed by atoms with van der Waals surface area (Å²) in [5.74, 6) is 0.357. The van der Waals surface area contributed by atoms with Gasteiger partial charge in [-0.05, 0) is 25.0 Å². The van der Waals surface area contributed by atoms with Gasteiger partial charge in [-0.25, -0.2) is 9.07 Å². The molecule has 18 heavy (non-hydrogen) atoms. The highest BCUT2D eigenvalue weighted by molar-refractivity contribution is 9.10. The standard InChI is InChI=1S/C12H12BrClFN3/c13-10-4-3-9(12(15)6-10)7-18-8-11(16-17-18)2-1-5-14/h3-4,6,8H,1-2,5,7H2. The molecule has 6 heteroatoms. The van der Waals surface area contributed by atoms with Gasteiger partial charge in [0.1, 0.15) is 5.82 Å². The molecule has 0 atom stereocenters. The molecule has 2 aromatic rings. The molecule has 0 saturated carbocycles. The van der Waals surface area contributed by atoms with Crippen LogP contribution >= 0.6 is 27.5 Å². The third-order valence-corrected chi connectivity index (χ3v) is 3.26. The zero-order valence-corrected chi connectivity index (χ0v) is 12.0. The summed E-state index contributed by atoms with van der Waals surface area (Å²) in [6.45, 7) is 0.382. The monoisotopic (exact) mass is 331 g/mol.